The molecule has 1 aromatic carbocycles. The highest BCUT2D eigenvalue weighted by molar-refractivity contribution is 5.93. The third kappa shape index (κ3) is 4.82. The summed E-state index contributed by atoms with van der Waals surface area (Å²) >= 11 is 0. The highest BCUT2D eigenvalue weighted by Gasteiger charge is 2.51. The van der Waals surface area contributed by atoms with E-state index in [1.165, 1.54) is 38.5 Å². The van der Waals surface area contributed by atoms with E-state index < -0.39 is 0 Å². The molecule has 31 heavy (non-hydrogen) atoms. The molecule has 6 rings (SSSR count). The molecule has 2 N–H and O–H groups in total. The zero-order valence-electron chi connectivity index (χ0n) is 19.1. The third-order valence-electron chi connectivity index (χ3n) is 8.15. The fourth-order valence-corrected chi connectivity index (χ4v) is 6.94. The molecule has 5 nitrogen and oxygen atoms in total. The molecule has 0 aliphatic heterocycles. The number of rotatable bonds is 8. The Bertz CT molecular complexity index is 825. The summed E-state index contributed by atoms with van der Waals surface area (Å²) in [4.78, 5) is 27.8. The molecule has 5 aliphatic rings. The minimum Gasteiger partial charge on any atom is -0.351 e. The molecule has 4 bridgehead atoms. The van der Waals surface area contributed by atoms with Crippen LogP contribution in [0.25, 0.3) is 0 Å². The van der Waals surface area contributed by atoms with E-state index in [0.717, 1.165) is 47.4 Å². The predicted octanol–water partition coefficient (Wildman–Crippen LogP) is 4.18. The Hall–Kier alpha value is -1.88. The SMILES string of the molecule is Cc1ccc(C)c(NC(=O)CN(CCC(=O)NC23CC4CC(CC(C4)C2)C3)C2CC2)c1. The Morgan fingerprint density at radius 3 is 2.26 bits per heavy atom. The summed E-state index contributed by atoms with van der Waals surface area (Å²) in [7, 11) is 0. The second-order valence-corrected chi connectivity index (χ2v) is 11.1. The van der Waals surface area contributed by atoms with Crippen molar-refractivity contribution < 1.29 is 9.59 Å². The Morgan fingerprint density at radius 1 is 1.00 bits per heavy atom. The van der Waals surface area contributed by atoms with Gasteiger partial charge in [-0.3, -0.25) is 14.5 Å². The number of hydrogen-bond donors (Lipinski definition) is 2. The first kappa shape index (κ1) is 21.0. The first-order valence-corrected chi connectivity index (χ1v) is 12.3. The lowest BCUT2D eigenvalue weighted by atomic mass is 9.53. The maximum absolute atomic E-state index is 12.9. The molecule has 5 aliphatic carbocycles. The molecular formula is C26H37N3O2. The Morgan fingerprint density at radius 2 is 1.65 bits per heavy atom. The number of nitrogens with zero attached hydrogens (tertiary/aromatic N) is 1. The van der Waals surface area contributed by atoms with Crippen molar-refractivity contribution in [1.29, 1.82) is 0 Å². The van der Waals surface area contributed by atoms with Gasteiger partial charge >= 0.3 is 0 Å². The first-order valence-electron chi connectivity index (χ1n) is 12.3. The largest absolute Gasteiger partial charge is 0.351 e. The van der Waals surface area contributed by atoms with E-state index in [1.54, 1.807) is 0 Å². The van der Waals surface area contributed by atoms with E-state index in [2.05, 4.69) is 21.6 Å². The number of nitrogens with one attached hydrogen (secondary N) is 2. The number of benzene rings is 1. The van der Waals surface area contributed by atoms with E-state index in [4.69, 9.17) is 0 Å². The van der Waals surface area contributed by atoms with Gasteiger partial charge in [0, 0.05) is 30.2 Å². The molecular weight excluding hydrogens is 386 g/mol. The fourth-order valence-electron chi connectivity index (χ4n) is 6.94. The van der Waals surface area contributed by atoms with Crippen molar-refractivity contribution in [2.24, 2.45) is 17.8 Å². The number of carbonyl (C=O) groups excluding carboxylic acids is 2. The summed E-state index contributed by atoms with van der Waals surface area (Å²) in [6.45, 7) is 5.09. The molecule has 0 heterocycles. The second kappa shape index (κ2) is 8.23. The maximum atomic E-state index is 12.9. The van der Waals surface area contributed by atoms with Crippen LogP contribution in [0.1, 0.15) is 68.9 Å². The first-order chi connectivity index (χ1) is 14.9. The number of hydrogen-bond acceptors (Lipinski definition) is 3. The molecule has 1 aromatic rings. The number of amides is 2. The van der Waals surface area contributed by atoms with Crippen molar-refractivity contribution in [3.05, 3.63) is 29.3 Å². The summed E-state index contributed by atoms with van der Waals surface area (Å²) in [6.07, 6.45) is 10.5. The molecule has 5 fully saturated rings. The van der Waals surface area contributed by atoms with Gasteiger partial charge in [0.25, 0.3) is 0 Å². The third-order valence-corrected chi connectivity index (χ3v) is 8.15. The van der Waals surface area contributed by atoms with Gasteiger partial charge in [0.05, 0.1) is 6.54 Å². The van der Waals surface area contributed by atoms with Crippen LogP contribution < -0.4 is 10.6 Å². The summed E-state index contributed by atoms with van der Waals surface area (Å²) in [6, 6.07) is 6.58. The molecule has 5 heteroatoms. The van der Waals surface area contributed by atoms with Crippen molar-refractivity contribution in [2.75, 3.05) is 18.4 Å². The smallest absolute Gasteiger partial charge is 0.238 e. The highest BCUT2D eigenvalue weighted by Crippen LogP contribution is 2.55. The number of aryl methyl sites for hydroxylation is 2. The normalized spacial score (nSPS) is 31.1. The standard InChI is InChI=1S/C26H37N3O2/c1-17-3-4-18(2)23(9-17)27-25(31)16-29(22-5-6-22)8-7-24(30)28-26-13-19-10-20(14-26)12-21(11-19)15-26/h3-4,9,19-22H,5-8,10-16H2,1-2H3,(H,27,31)(H,28,30). The van der Waals surface area contributed by atoms with Gasteiger partial charge in [-0.2, -0.15) is 0 Å². The van der Waals surface area contributed by atoms with E-state index in [0.29, 0.717) is 25.6 Å². The van der Waals surface area contributed by atoms with Crippen LogP contribution in [0.4, 0.5) is 5.69 Å². The van der Waals surface area contributed by atoms with Gasteiger partial charge in [0.2, 0.25) is 11.8 Å². The quantitative estimate of drug-likeness (QED) is 0.659. The lowest BCUT2D eigenvalue weighted by Gasteiger charge is -2.57. The van der Waals surface area contributed by atoms with Gasteiger partial charge in [-0.15, -0.1) is 0 Å². The predicted molar refractivity (Wildman–Crippen MR) is 123 cm³/mol. The van der Waals surface area contributed by atoms with Crippen molar-refractivity contribution >= 4 is 17.5 Å². The Balaban J connectivity index is 1.13. The lowest BCUT2D eigenvalue weighted by molar-refractivity contribution is -0.127. The maximum Gasteiger partial charge on any atom is 0.238 e. The van der Waals surface area contributed by atoms with Gasteiger partial charge in [0.15, 0.2) is 0 Å². The average Bonchev–Trinajstić information content (AvgIpc) is 3.52. The summed E-state index contributed by atoms with van der Waals surface area (Å²) < 4.78 is 0. The van der Waals surface area contributed by atoms with E-state index in [9.17, 15) is 9.59 Å². The molecule has 0 aromatic heterocycles. The van der Waals surface area contributed by atoms with E-state index in [1.807, 2.05) is 26.0 Å². The molecule has 0 saturated heterocycles. The fraction of sp³-hybridized carbons (Fsp3) is 0.692. The summed E-state index contributed by atoms with van der Waals surface area (Å²) in [5.74, 6) is 2.71. The molecule has 168 valence electrons. The molecule has 0 unspecified atom stereocenters. The van der Waals surface area contributed by atoms with Crippen molar-refractivity contribution in [3.63, 3.8) is 0 Å². The van der Waals surface area contributed by atoms with E-state index in [-0.39, 0.29) is 17.4 Å². The highest BCUT2D eigenvalue weighted by atomic mass is 16.2. The second-order valence-electron chi connectivity index (χ2n) is 11.1. The Labute approximate surface area is 186 Å². The van der Waals surface area contributed by atoms with Crippen LogP contribution in [0.15, 0.2) is 18.2 Å². The van der Waals surface area contributed by atoms with Crippen molar-refractivity contribution in [3.8, 4) is 0 Å². The van der Waals surface area contributed by atoms with Crippen LogP contribution in [0, 0.1) is 31.6 Å². The minimum absolute atomic E-state index is 0.0158. The topological polar surface area (TPSA) is 61.4 Å². The van der Waals surface area contributed by atoms with Crippen LogP contribution in [0.5, 0.6) is 0 Å². The minimum atomic E-state index is 0.0158. The van der Waals surface area contributed by atoms with Gasteiger partial charge in [0.1, 0.15) is 0 Å². The molecule has 5 saturated carbocycles. The monoisotopic (exact) mass is 423 g/mol. The number of anilines is 1. The van der Waals surface area contributed by atoms with Gasteiger partial charge in [-0.1, -0.05) is 12.1 Å². The molecule has 0 radical (unpaired) electrons. The Kier molecular flexibility index (Phi) is 5.58. The molecule has 0 atom stereocenters. The van der Waals surface area contributed by atoms with Gasteiger partial charge in [-0.25, -0.2) is 0 Å². The molecule has 2 amide bonds. The number of carbonyl (C=O) groups is 2. The summed E-state index contributed by atoms with van der Waals surface area (Å²) in [5, 5.41) is 6.55. The zero-order chi connectivity index (χ0) is 21.6. The van der Waals surface area contributed by atoms with Crippen LogP contribution >= 0.6 is 0 Å². The van der Waals surface area contributed by atoms with E-state index >= 15 is 0 Å². The van der Waals surface area contributed by atoms with Crippen LogP contribution in [-0.4, -0.2) is 41.4 Å². The van der Waals surface area contributed by atoms with Crippen molar-refractivity contribution in [1.82, 2.24) is 10.2 Å². The zero-order valence-corrected chi connectivity index (χ0v) is 19.1. The average molecular weight is 424 g/mol. The lowest BCUT2D eigenvalue weighted by Crippen LogP contribution is -2.60. The molecule has 0 spiro atoms. The van der Waals surface area contributed by atoms with Gasteiger partial charge in [-0.05, 0) is 100 Å². The van der Waals surface area contributed by atoms with Crippen LogP contribution in [0.3, 0.4) is 0 Å². The van der Waals surface area contributed by atoms with Crippen LogP contribution in [-0.2, 0) is 9.59 Å². The van der Waals surface area contributed by atoms with Crippen molar-refractivity contribution in [2.45, 2.75) is 83.2 Å². The van der Waals surface area contributed by atoms with Gasteiger partial charge < -0.3 is 10.6 Å². The van der Waals surface area contributed by atoms with Crippen LogP contribution in [0.2, 0.25) is 0 Å². The summed E-state index contributed by atoms with van der Waals surface area (Å²) in [5.41, 5.74) is 3.18.